The normalized spacial score (nSPS) is 16.5. The number of ether oxygens (including phenoxy) is 1. The lowest BCUT2D eigenvalue weighted by Crippen LogP contribution is -2.43. The number of hydrogen-bond donors (Lipinski definition) is 1. The quantitative estimate of drug-likeness (QED) is 0.433. The van der Waals surface area contributed by atoms with E-state index in [2.05, 4.69) is 15.4 Å². The van der Waals surface area contributed by atoms with Crippen molar-refractivity contribution in [2.24, 2.45) is 5.73 Å². The predicted molar refractivity (Wildman–Crippen MR) is 135 cm³/mol. The molecule has 0 bridgehead atoms. The molecule has 0 unspecified atom stereocenters. The van der Waals surface area contributed by atoms with E-state index < -0.39 is 29.1 Å². The third-order valence-corrected chi connectivity index (χ3v) is 7.46. The number of aromatic nitrogens is 3. The van der Waals surface area contributed by atoms with E-state index in [1.165, 1.54) is 13.2 Å². The zero-order chi connectivity index (χ0) is 27.0. The summed E-state index contributed by atoms with van der Waals surface area (Å²) in [5.74, 6) is 0.561. The van der Waals surface area contributed by atoms with E-state index in [4.69, 9.17) is 10.5 Å². The third-order valence-electron chi connectivity index (χ3n) is 7.46. The maximum absolute atomic E-state index is 13.4. The Bertz CT molecular complexity index is 1290. The summed E-state index contributed by atoms with van der Waals surface area (Å²) in [6.45, 7) is 5.71. The molecule has 3 aromatic rings. The highest BCUT2D eigenvalue weighted by Crippen LogP contribution is 2.46. The van der Waals surface area contributed by atoms with E-state index in [-0.39, 0.29) is 6.04 Å². The van der Waals surface area contributed by atoms with Gasteiger partial charge in [0.1, 0.15) is 11.3 Å². The highest BCUT2D eigenvalue weighted by molar-refractivity contribution is 5.95. The molecule has 1 atom stereocenters. The van der Waals surface area contributed by atoms with Gasteiger partial charge in [0.15, 0.2) is 5.82 Å². The minimum atomic E-state index is -4.45. The first kappa shape index (κ1) is 26.6. The average molecular weight is 516 g/mol. The summed E-state index contributed by atoms with van der Waals surface area (Å²) >= 11 is 0. The summed E-state index contributed by atoms with van der Waals surface area (Å²) in [6, 6.07) is 8.28. The molecule has 0 aliphatic heterocycles. The van der Waals surface area contributed by atoms with Crippen LogP contribution < -0.4 is 15.4 Å². The van der Waals surface area contributed by atoms with E-state index in [1.54, 1.807) is 12.1 Å². The maximum Gasteiger partial charge on any atom is 0.416 e. The molecule has 0 saturated heterocycles. The number of nitrogens with zero attached hydrogens (tertiary/aromatic N) is 4. The van der Waals surface area contributed by atoms with Crippen molar-refractivity contribution in [1.29, 1.82) is 0 Å². The van der Waals surface area contributed by atoms with Crippen LogP contribution in [0.25, 0.3) is 10.9 Å². The second kappa shape index (κ2) is 10.1. The maximum atomic E-state index is 13.4. The van der Waals surface area contributed by atoms with E-state index >= 15 is 0 Å². The third kappa shape index (κ3) is 4.93. The van der Waals surface area contributed by atoms with Crippen LogP contribution in [0, 0.1) is 0 Å². The predicted octanol–water partition coefficient (Wildman–Crippen LogP) is 5.72. The fourth-order valence-corrected chi connectivity index (χ4v) is 5.55. The Balaban J connectivity index is 1.90. The molecule has 1 aliphatic rings. The van der Waals surface area contributed by atoms with Gasteiger partial charge in [-0.3, -0.25) is 4.79 Å². The minimum Gasteiger partial charge on any atom is -0.496 e. The Morgan fingerprint density at radius 1 is 1.08 bits per heavy atom. The number of benzene rings is 2. The molecule has 10 heteroatoms. The van der Waals surface area contributed by atoms with Crippen LogP contribution in [0.15, 0.2) is 36.4 Å². The molecule has 198 valence electrons. The number of carbonyl (C=O) groups is 1. The largest absolute Gasteiger partial charge is 0.496 e. The van der Waals surface area contributed by atoms with Gasteiger partial charge in [0.05, 0.1) is 24.1 Å². The highest BCUT2D eigenvalue weighted by atomic mass is 19.4. The molecule has 2 aromatic carbocycles. The number of primary amides is 1. The van der Waals surface area contributed by atoms with Gasteiger partial charge in [0.2, 0.25) is 5.91 Å². The Morgan fingerprint density at radius 2 is 1.78 bits per heavy atom. The Kier molecular flexibility index (Phi) is 7.30. The summed E-state index contributed by atoms with van der Waals surface area (Å²) in [6.07, 6.45) is -0.460. The van der Waals surface area contributed by atoms with Gasteiger partial charge >= 0.3 is 6.18 Å². The van der Waals surface area contributed by atoms with Crippen LogP contribution in [-0.4, -0.2) is 34.5 Å². The van der Waals surface area contributed by atoms with Crippen molar-refractivity contribution in [3.63, 3.8) is 0 Å². The standard InChI is InChI=1S/C27H32F3N5O2/c1-16(2)35(17(3)18-9-8-10-19(13-18)27(28,29)30)24-20-14-21(23(37-4)15-22(20)32-34-33-24)26(25(31)36)11-6-5-7-12-26/h8-10,13-17H,5-7,11-12H2,1-4H3,(H2,31,36)/t17-/m1/s1. The fourth-order valence-electron chi connectivity index (χ4n) is 5.55. The zero-order valence-corrected chi connectivity index (χ0v) is 21.5. The van der Waals surface area contributed by atoms with Crippen LogP contribution in [-0.2, 0) is 16.4 Å². The minimum absolute atomic E-state index is 0.144. The molecule has 1 fully saturated rings. The summed E-state index contributed by atoms with van der Waals surface area (Å²) in [4.78, 5) is 14.8. The number of rotatable bonds is 7. The van der Waals surface area contributed by atoms with E-state index in [9.17, 15) is 18.0 Å². The molecule has 0 spiro atoms. The first-order chi connectivity index (χ1) is 17.5. The number of hydrogen-bond acceptors (Lipinski definition) is 6. The zero-order valence-electron chi connectivity index (χ0n) is 21.5. The van der Waals surface area contributed by atoms with Crippen LogP contribution in [0.4, 0.5) is 19.0 Å². The van der Waals surface area contributed by atoms with Crippen LogP contribution in [0.2, 0.25) is 0 Å². The molecule has 0 radical (unpaired) electrons. The van der Waals surface area contributed by atoms with Gasteiger partial charge in [0, 0.05) is 23.1 Å². The van der Waals surface area contributed by atoms with Crippen molar-refractivity contribution >= 4 is 22.6 Å². The van der Waals surface area contributed by atoms with E-state index in [0.717, 1.165) is 31.4 Å². The lowest BCUT2D eigenvalue weighted by atomic mass is 9.68. The van der Waals surface area contributed by atoms with Gasteiger partial charge in [-0.1, -0.05) is 31.4 Å². The van der Waals surface area contributed by atoms with Gasteiger partial charge in [-0.15, -0.1) is 10.2 Å². The molecular formula is C27H32F3N5O2. The first-order valence-electron chi connectivity index (χ1n) is 12.5. The molecular weight excluding hydrogens is 483 g/mol. The first-order valence-corrected chi connectivity index (χ1v) is 12.5. The molecule has 4 rings (SSSR count). The van der Waals surface area contributed by atoms with Gasteiger partial charge in [-0.05, 0) is 62.6 Å². The molecule has 1 saturated carbocycles. The monoisotopic (exact) mass is 515 g/mol. The van der Waals surface area contributed by atoms with Gasteiger partial charge in [0.25, 0.3) is 0 Å². The summed E-state index contributed by atoms with van der Waals surface area (Å²) in [5, 5.41) is 13.1. The van der Waals surface area contributed by atoms with Crippen molar-refractivity contribution in [2.45, 2.75) is 76.6 Å². The van der Waals surface area contributed by atoms with Gasteiger partial charge < -0.3 is 15.4 Å². The molecule has 1 heterocycles. The lowest BCUT2D eigenvalue weighted by Gasteiger charge is -2.37. The molecule has 37 heavy (non-hydrogen) atoms. The van der Waals surface area contributed by atoms with Crippen LogP contribution in [0.5, 0.6) is 5.75 Å². The van der Waals surface area contributed by atoms with E-state index in [0.29, 0.717) is 46.4 Å². The number of methoxy groups -OCH3 is 1. The summed E-state index contributed by atoms with van der Waals surface area (Å²) in [7, 11) is 1.54. The molecule has 1 amide bonds. The molecule has 1 aromatic heterocycles. The number of amides is 1. The number of nitrogens with two attached hydrogens (primary N) is 1. The SMILES string of the molecule is COc1cc2nnnc(N(C(C)C)[C@H](C)c3cccc(C(F)(F)F)c3)c2cc1C1(C(N)=O)CCCCC1. The van der Waals surface area contributed by atoms with E-state index in [1.807, 2.05) is 31.7 Å². The number of halogens is 3. The van der Waals surface area contributed by atoms with Gasteiger partial charge in [-0.25, -0.2) is 0 Å². The van der Waals surface area contributed by atoms with Crippen molar-refractivity contribution in [1.82, 2.24) is 15.4 Å². The summed E-state index contributed by atoms with van der Waals surface area (Å²) in [5.41, 5.74) is 6.07. The number of alkyl halides is 3. The average Bonchev–Trinajstić information content (AvgIpc) is 2.87. The Labute approximate surface area is 214 Å². The van der Waals surface area contributed by atoms with Crippen molar-refractivity contribution in [3.8, 4) is 5.75 Å². The van der Waals surface area contributed by atoms with Crippen LogP contribution >= 0.6 is 0 Å². The second-order valence-electron chi connectivity index (χ2n) is 9.99. The Morgan fingerprint density at radius 3 is 2.38 bits per heavy atom. The lowest BCUT2D eigenvalue weighted by molar-refractivity contribution is -0.137. The topological polar surface area (TPSA) is 94.2 Å². The van der Waals surface area contributed by atoms with Crippen LogP contribution in [0.1, 0.15) is 75.6 Å². The molecule has 2 N–H and O–H groups in total. The van der Waals surface area contributed by atoms with Crippen molar-refractivity contribution in [2.75, 3.05) is 12.0 Å². The fraction of sp³-hybridized carbons (Fsp3) is 0.481. The van der Waals surface area contributed by atoms with Crippen LogP contribution in [0.3, 0.4) is 0 Å². The number of carbonyl (C=O) groups excluding carboxylic acids is 1. The van der Waals surface area contributed by atoms with Gasteiger partial charge in [-0.2, -0.15) is 13.2 Å². The molecule has 1 aliphatic carbocycles. The Hall–Kier alpha value is -3.43. The highest BCUT2D eigenvalue weighted by Gasteiger charge is 2.42. The number of fused-ring (bicyclic) bond motifs is 1. The smallest absolute Gasteiger partial charge is 0.416 e. The second-order valence-corrected chi connectivity index (χ2v) is 9.99. The molecule has 7 nitrogen and oxygen atoms in total. The summed E-state index contributed by atoms with van der Waals surface area (Å²) < 4.78 is 45.9. The van der Waals surface area contributed by atoms with Crippen molar-refractivity contribution < 1.29 is 22.7 Å². The number of anilines is 1. The van der Waals surface area contributed by atoms with Crippen molar-refractivity contribution in [3.05, 3.63) is 53.1 Å².